The highest BCUT2D eigenvalue weighted by atomic mass is 35.5. The minimum atomic E-state index is -0.553. The lowest BCUT2D eigenvalue weighted by Gasteiger charge is -2.39. The molecule has 2 unspecified atom stereocenters. The number of hydrogen-bond acceptors (Lipinski definition) is 8. The van der Waals surface area contributed by atoms with Crippen LogP contribution >= 0.6 is 34.8 Å². The number of hydrogen-bond donors (Lipinski definition) is 1. The quantitative estimate of drug-likeness (QED) is 0.0713. The maximum absolute atomic E-state index is 6.23. The largest absolute Gasteiger partial charge is 0.319 e. The van der Waals surface area contributed by atoms with E-state index in [4.69, 9.17) is 44.8 Å². The monoisotopic (exact) mass is 1290 g/mol. The minimum absolute atomic E-state index is 0. The summed E-state index contributed by atoms with van der Waals surface area (Å²) in [6.07, 6.45) is 11.9. The van der Waals surface area contributed by atoms with Crippen LogP contribution in [0.2, 0.25) is 10.0 Å². The summed E-state index contributed by atoms with van der Waals surface area (Å²) in [6, 6.07) is 92.7. The Kier molecular flexibility index (Phi) is 23.6. The van der Waals surface area contributed by atoms with Crippen LogP contribution in [0.15, 0.2) is 304 Å². The summed E-state index contributed by atoms with van der Waals surface area (Å²) < 4.78 is 4.47. The Bertz CT molecular complexity index is 3890. The number of imidazole rings is 2. The summed E-state index contributed by atoms with van der Waals surface area (Å²) in [5, 5.41) is 4.92. The average molecular weight is 1290 g/mol. The number of nitrogens with zero attached hydrogens (tertiary/aromatic N) is 9. The van der Waals surface area contributed by atoms with Crippen molar-refractivity contribution in [1.82, 2.24) is 49.1 Å². The maximum Gasteiger partial charge on any atom is 0.121 e. The second-order valence-electron chi connectivity index (χ2n) is 22.8. The molecular weight excluding hydrogens is 1210 g/mol. The molecule has 8 aromatic carbocycles. The minimum Gasteiger partial charge on any atom is -0.319 e. The van der Waals surface area contributed by atoms with Crippen LogP contribution in [0.3, 0.4) is 0 Å². The van der Waals surface area contributed by atoms with Crippen LogP contribution in [-0.4, -0.2) is 96.1 Å². The second-order valence-corrected chi connectivity index (χ2v) is 24.0. The smallest absolute Gasteiger partial charge is 0.121 e. The van der Waals surface area contributed by atoms with Crippen LogP contribution in [0.1, 0.15) is 94.2 Å². The van der Waals surface area contributed by atoms with Gasteiger partial charge in [-0.3, -0.25) is 24.7 Å². The molecule has 0 aliphatic carbocycles. The predicted octanol–water partition coefficient (Wildman–Crippen LogP) is 17.1. The number of piperazine rings is 2. The van der Waals surface area contributed by atoms with E-state index in [0.717, 1.165) is 91.7 Å². The molecule has 0 amide bonds. The van der Waals surface area contributed by atoms with Crippen molar-refractivity contribution < 1.29 is 0 Å². The van der Waals surface area contributed by atoms with Gasteiger partial charge in [-0.1, -0.05) is 256 Å². The van der Waals surface area contributed by atoms with Crippen LogP contribution in [0.4, 0.5) is 0 Å². The van der Waals surface area contributed by atoms with Gasteiger partial charge in [0.25, 0.3) is 0 Å². The lowest BCUT2D eigenvalue weighted by Crippen LogP contribution is -2.47. The molecule has 0 radical (unpaired) electrons. The van der Waals surface area contributed by atoms with Gasteiger partial charge in [0, 0.05) is 93.7 Å². The molecule has 0 bridgehead atoms. The number of alkyl halides is 1. The zero-order valence-electron chi connectivity index (χ0n) is 50.8. The maximum atomic E-state index is 6.23. The van der Waals surface area contributed by atoms with Gasteiger partial charge in [-0.15, -0.1) is 11.6 Å². The van der Waals surface area contributed by atoms with E-state index in [2.05, 4.69) is 252 Å². The third-order valence-corrected chi connectivity index (χ3v) is 18.1. The summed E-state index contributed by atoms with van der Waals surface area (Å²) >= 11 is 18.3. The molecular formula is C80H81Cl3N10. The molecule has 2 aliphatic heterocycles. The highest BCUT2D eigenvalue weighted by Crippen LogP contribution is 2.43. The van der Waals surface area contributed by atoms with Gasteiger partial charge in [0.2, 0.25) is 0 Å². The first-order valence-electron chi connectivity index (χ1n) is 31.1. The van der Waals surface area contributed by atoms with E-state index in [1.54, 1.807) is 0 Å². The first kappa shape index (κ1) is 67.1. The van der Waals surface area contributed by atoms with Crippen molar-refractivity contribution in [1.29, 1.82) is 0 Å². The van der Waals surface area contributed by atoms with E-state index < -0.39 is 11.1 Å². The van der Waals surface area contributed by atoms with Crippen molar-refractivity contribution in [3.05, 3.63) is 382 Å². The third kappa shape index (κ3) is 15.3. The molecule has 2 fully saturated rings. The first-order valence-corrected chi connectivity index (χ1v) is 32.4. The van der Waals surface area contributed by atoms with Gasteiger partial charge in [-0.25, -0.2) is 9.97 Å². The van der Waals surface area contributed by atoms with E-state index in [1.165, 1.54) is 44.5 Å². The van der Waals surface area contributed by atoms with Crippen molar-refractivity contribution in [2.75, 3.05) is 52.4 Å². The van der Waals surface area contributed by atoms with Crippen LogP contribution in [0, 0.1) is 0 Å². The van der Waals surface area contributed by atoms with Crippen molar-refractivity contribution in [3.8, 4) is 0 Å². The molecule has 2 saturated heterocycles. The Morgan fingerprint density at radius 3 is 1.01 bits per heavy atom. The lowest BCUT2D eigenvalue weighted by atomic mass is 9.77. The lowest BCUT2D eigenvalue weighted by molar-refractivity contribution is 0.103. The van der Waals surface area contributed by atoms with Gasteiger partial charge >= 0.3 is 0 Å². The predicted molar refractivity (Wildman–Crippen MR) is 383 cm³/mol. The SMILES string of the molecule is C.C.ClCc1cn(C(c2ccccc2)(c2ccccc2)c2ccccc2)cn1.Clc1ccc(C(c2ccccn2)N2CCN(Cc3cn(C(c4ccccc4)(c4ccccc4)c4ccccc4)cn3)CC2)cc1.Clc1ccc(C(c2ccccn2)N2CCNCC2)cc1. The summed E-state index contributed by atoms with van der Waals surface area (Å²) in [5.74, 6) is 0.390. The van der Waals surface area contributed by atoms with Crippen LogP contribution in [0.5, 0.6) is 0 Å². The Labute approximate surface area is 564 Å². The van der Waals surface area contributed by atoms with Crippen molar-refractivity contribution in [2.24, 2.45) is 0 Å². The fourth-order valence-electron chi connectivity index (χ4n) is 13.1. The van der Waals surface area contributed by atoms with Crippen molar-refractivity contribution in [3.63, 3.8) is 0 Å². The van der Waals surface area contributed by atoms with Gasteiger partial charge in [-0.2, -0.15) is 0 Å². The first-order chi connectivity index (χ1) is 44.9. The number of aromatic nitrogens is 6. The molecule has 12 aromatic rings. The fraction of sp³-hybridized carbons (Fsp3) is 0.200. The zero-order chi connectivity index (χ0) is 62.1. The Morgan fingerprint density at radius 2 is 0.688 bits per heavy atom. The Morgan fingerprint density at radius 1 is 0.366 bits per heavy atom. The molecule has 14 rings (SSSR count). The molecule has 2 aliphatic rings. The van der Waals surface area contributed by atoms with E-state index >= 15 is 0 Å². The van der Waals surface area contributed by atoms with Crippen LogP contribution in [-0.2, 0) is 23.5 Å². The van der Waals surface area contributed by atoms with E-state index in [-0.39, 0.29) is 26.9 Å². The molecule has 4 aromatic heterocycles. The summed E-state index contributed by atoms with van der Waals surface area (Å²) in [5.41, 5.74) is 12.6. The Balaban J connectivity index is 0.000000167. The van der Waals surface area contributed by atoms with E-state index in [0.29, 0.717) is 5.88 Å². The van der Waals surface area contributed by atoms with Crippen LogP contribution in [0.25, 0.3) is 0 Å². The molecule has 2 atom stereocenters. The molecule has 6 heterocycles. The number of benzene rings is 8. The van der Waals surface area contributed by atoms with Gasteiger partial charge in [0.05, 0.1) is 53.4 Å². The van der Waals surface area contributed by atoms with Crippen molar-refractivity contribution >= 4 is 34.8 Å². The topological polar surface area (TPSA) is 83.2 Å². The molecule has 472 valence electrons. The second kappa shape index (κ2) is 32.7. The fourth-order valence-corrected chi connectivity index (χ4v) is 13.5. The van der Waals surface area contributed by atoms with E-state index in [1.807, 2.05) is 91.9 Å². The molecule has 0 saturated carbocycles. The summed E-state index contributed by atoms with van der Waals surface area (Å²) in [4.78, 5) is 26.3. The molecule has 0 spiro atoms. The molecule has 13 heteroatoms. The standard InChI is InChI=1S/C39H36ClN5.C23H19ClN2.C16H18ClN3.2CH4/c40-35-21-19-31(20-22-35)38(37-18-10-11-23-41-37)44-26-24-43(25-27-44)28-36-29-45(30-42-36)39(32-12-4-1-5-13-32,33-14-6-2-7-15-33)34-16-8-3-9-17-34;24-16-22-17-26(18-25-22)23(19-10-4-1-5-11-19,20-12-6-2-7-13-20)21-14-8-3-9-15-21;17-14-6-4-13(5-7-14)16(15-3-1-2-8-19-15)20-11-9-18-10-12-20;;/h1-23,29-30,38H,24-28H2;1-15,17-18H,16H2;1-8,16,18H,9-12H2;2*1H4. The zero-order valence-corrected chi connectivity index (χ0v) is 53.0. The molecule has 93 heavy (non-hydrogen) atoms. The number of pyridine rings is 2. The van der Waals surface area contributed by atoms with Gasteiger partial charge in [0.15, 0.2) is 0 Å². The Hall–Kier alpha value is -8.81. The normalized spacial score (nSPS) is 14.4. The number of rotatable bonds is 17. The van der Waals surface area contributed by atoms with Crippen LogP contribution < -0.4 is 5.32 Å². The molecule has 1 N–H and O–H groups in total. The summed E-state index contributed by atoms with van der Waals surface area (Å²) in [7, 11) is 0. The number of halogens is 3. The summed E-state index contributed by atoms with van der Waals surface area (Å²) in [6.45, 7) is 8.68. The van der Waals surface area contributed by atoms with Gasteiger partial charge < -0.3 is 14.5 Å². The van der Waals surface area contributed by atoms with Gasteiger partial charge in [0.1, 0.15) is 11.1 Å². The highest BCUT2D eigenvalue weighted by molar-refractivity contribution is 6.30. The van der Waals surface area contributed by atoms with E-state index in [9.17, 15) is 0 Å². The average Bonchev–Trinajstić information content (AvgIpc) is 1.77. The van der Waals surface area contributed by atoms with Crippen molar-refractivity contribution in [2.45, 2.75) is 50.4 Å². The third-order valence-electron chi connectivity index (χ3n) is 17.3. The highest BCUT2D eigenvalue weighted by Gasteiger charge is 2.40. The van der Waals surface area contributed by atoms with Gasteiger partial charge in [-0.05, 0) is 93.0 Å². The number of nitrogens with one attached hydrogen (secondary N) is 1. The molecule has 10 nitrogen and oxygen atoms in total.